The number of hydrogen-bond donors (Lipinski definition) is 0. The van der Waals surface area contributed by atoms with Gasteiger partial charge in [0.05, 0.1) is 0 Å². The van der Waals surface area contributed by atoms with Gasteiger partial charge in [0.25, 0.3) is 0 Å². The highest BCUT2D eigenvalue weighted by molar-refractivity contribution is 5.80. The van der Waals surface area contributed by atoms with Crippen LogP contribution in [0.2, 0.25) is 0 Å². The van der Waals surface area contributed by atoms with Gasteiger partial charge in [-0.05, 0) is 74.0 Å². The molecule has 4 fully saturated rings. The minimum absolute atomic E-state index is 0.395. The number of carbonyl (C=O) groups is 1. The summed E-state index contributed by atoms with van der Waals surface area (Å²) in [6, 6.07) is 0. The van der Waals surface area contributed by atoms with Crippen LogP contribution in [0.15, 0.2) is 12.2 Å². The first kappa shape index (κ1) is 11.8. The summed E-state index contributed by atoms with van der Waals surface area (Å²) in [7, 11) is 0. The predicted octanol–water partition coefficient (Wildman–Crippen LogP) is 3.09. The second kappa shape index (κ2) is 4.11. The number of fused-ring (bicyclic) bond motifs is 9. The first-order valence-electron chi connectivity index (χ1n) is 8.80. The van der Waals surface area contributed by atoms with Gasteiger partial charge in [-0.3, -0.25) is 4.79 Å². The van der Waals surface area contributed by atoms with Crippen molar-refractivity contribution in [2.45, 2.75) is 38.5 Å². The Morgan fingerprint density at radius 3 is 2.45 bits per heavy atom. The van der Waals surface area contributed by atoms with E-state index in [9.17, 15) is 4.79 Å². The molecule has 0 aromatic rings. The topological polar surface area (TPSA) is 20.3 Å². The van der Waals surface area contributed by atoms with E-state index >= 15 is 0 Å². The second-order valence-corrected chi connectivity index (χ2v) is 7.99. The first-order chi connectivity index (χ1) is 9.83. The summed E-state index contributed by atoms with van der Waals surface area (Å²) >= 11 is 0. The fourth-order valence-corrected chi connectivity index (χ4v) is 6.65. The third-order valence-electron chi connectivity index (χ3n) is 7.26. The van der Waals surface area contributed by atoms with Gasteiger partial charge in [0.1, 0.15) is 0 Å². The Morgan fingerprint density at radius 1 is 0.900 bits per heavy atom. The zero-order chi connectivity index (χ0) is 13.3. The van der Waals surface area contributed by atoms with Crippen LogP contribution in [0.3, 0.4) is 0 Å². The molecule has 1 aliphatic heterocycles. The Morgan fingerprint density at radius 2 is 1.65 bits per heavy atom. The van der Waals surface area contributed by atoms with Gasteiger partial charge in [0.15, 0.2) is 0 Å². The molecule has 7 unspecified atom stereocenters. The molecule has 7 atom stereocenters. The van der Waals surface area contributed by atoms with E-state index in [2.05, 4.69) is 17.1 Å². The Kier molecular flexibility index (Phi) is 2.43. The summed E-state index contributed by atoms with van der Waals surface area (Å²) in [6.07, 6.45) is 12.8. The molecule has 4 bridgehead atoms. The maximum atomic E-state index is 12.9. The van der Waals surface area contributed by atoms with Gasteiger partial charge in [0, 0.05) is 19.0 Å². The van der Waals surface area contributed by atoms with Gasteiger partial charge >= 0.3 is 0 Å². The number of rotatable bonds is 1. The van der Waals surface area contributed by atoms with E-state index in [-0.39, 0.29) is 0 Å². The first-order valence-corrected chi connectivity index (χ1v) is 8.80. The number of carbonyl (C=O) groups excluding carboxylic acids is 1. The molecule has 20 heavy (non-hydrogen) atoms. The molecule has 0 radical (unpaired) electrons. The SMILES string of the molecule is O=C(C1CC2CC1C1C3C=CC(C3)C21)N1CCCCC1. The lowest BCUT2D eigenvalue weighted by Crippen LogP contribution is -2.44. The summed E-state index contributed by atoms with van der Waals surface area (Å²) in [5.74, 6) is 6.09. The molecule has 2 nitrogen and oxygen atoms in total. The highest BCUT2D eigenvalue weighted by Crippen LogP contribution is 2.67. The van der Waals surface area contributed by atoms with Crippen LogP contribution in [0.4, 0.5) is 0 Å². The van der Waals surface area contributed by atoms with E-state index < -0.39 is 0 Å². The van der Waals surface area contributed by atoms with Crippen molar-refractivity contribution in [2.24, 2.45) is 41.4 Å². The highest BCUT2D eigenvalue weighted by Gasteiger charge is 2.62. The Bertz CT molecular complexity index is 464. The lowest BCUT2D eigenvalue weighted by Gasteiger charge is -2.38. The lowest BCUT2D eigenvalue weighted by molar-refractivity contribution is -0.139. The van der Waals surface area contributed by atoms with E-state index in [1.54, 1.807) is 0 Å². The third kappa shape index (κ3) is 1.43. The minimum atomic E-state index is 0.395. The molecule has 0 aromatic carbocycles. The van der Waals surface area contributed by atoms with Crippen molar-refractivity contribution in [2.75, 3.05) is 13.1 Å². The van der Waals surface area contributed by atoms with Gasteiger partial charge in [0.2, 0.25) is 5.91 Å². The molecule has 1 amide bonds. The van der Waals surface area contributed by atoms with Crippen LogP contribution in [0.25, 0.3) is 0 Å². The molecular formula is C18H25NO. The lowest BCUT2D eigenvalue weighted by atomic mass is 9.69. The normalized spacial score (nSPS) is 51.8. The molecule has 3 saturated carbocycles. The van der Waals surface area contributed by atoms with Gasteiger partial charge < -0.3 is 4.90 Å². The van der Waals surface area contributed by atoms with Crippen LogP contribution >= 0.6 is 0 Å². The number of nitrogens with zero attached hydrogens (tertiary/aromatic N) is 1. The van der Waals surface area contributed by atoms with E-state index in [0.717, 1.165) is 48.6 Å². The monoisotopic (exact) mass is 271 g/mol. The van der Waals surface area contributed by atoms with E-state index in [1.807, 2.05) is 0 Å². The standard InChI is InChI=1S/C18H25NO/c20-18(19-6-2-1-3-7-19)15-10-13-9-14(15)17-12-5-4-11(8-12)16(13)17/h4-5,11-17H,1-3,6-10H2. The summed E-state index contributed by atoms with van der Waals surface area (Å²) in [6.45, 7) is 2.07. The molecule has 0 spiro atoms. The van der Waals surface area contributed by atoms with E-state index in [4.69, 9.17) is 0 Å². The average Bonchev–Trinajstić information content (AvgIpc) is 3.24. The molecule has 0 N–H and O–H groups in total. The Balaban J connectivity index is 1.37. The van der Waals surface area contributed by atoms with E-state index in [1.165, 1.54) is 38.5 Å². The van der Waals surface area contributed by atoms with Crippen molar-refractivity contribution < 1.29 is 4.79 Å². The van der Waals surface area contributed by atoms with Gasteiger partial charge in [-0.1, -0.05) is 12.2 Å². The predicted molar refractivity (Wildman–Crippen MR) is 77.9 cm³/mol. The quantitative estimate of drug-likeness (QED) is 0.530. The van der Waals surface area contributed by atoms with Crippen molar-refractivity contribution in [3.05, 3.63) is 12.2 Å². The van der Waals surface area contributed by atoms with Crippen LogP contribution in [0.1, 0.15) is 38.5 Å². The fourth-order valence-electron chi connectivity index (χ4n) is 6.65. The van der Waals surface area contributed by atoms with Crippen molar-refractivity contribution >= 4 is 5.91 Å². The second-order valence-electron chi connectivity index (χ2n) is 7.99. The molecule has 5 aliphatic rings. The van der Waals surface area contributed by atoms with Gasteiger partial charge in [-0.2, -0.15) is 0 Å². The Hall–Kier alpha value is -0.790. The fraction of sp³-hybridized carbons (Fsp3) is 0.833. The maximum Gasteiger partial charge on any atom is 0.225 e. The van der Waals surface area contributed by atoms with Crippen LogP contribution in [0.5, 0.6) is 0 Å². The van der Waals surface area contributed by atoms with Crippen LogP contribution in [-0.2, 0) is 4.79 Å². The molecule has 1 saturated heterocycles. The molecule has 0 aromatic heterocycles. The number of hydrogen-bond acceptors (Lipinski definition) is 1. The summed E-state index contributed by atoms with van der Waals surface area (Å²) in [5.41, 5.74) is 0. The molecule has 2 heteroatoms. The molecule has 108 valence electrons. The Labute approximate surface area is 121 Å². The van der Waals surface area contributed by atoms with Crippen molar-refractivity contribution in [3.63, 3.8) is 0 Å². The molecular weight excluding hydrogens is 246 g/mol. The van der Waals surface area contributed by atoms with Crippen molar-refractivity contribution in [1.82, 2.24) is 4.90 Å². The number of allylic oxidation sites excluding steroid dienone is 2. The highest BCUT2D eigenvalue weighted by atomic mass is 16.2. The molecule has 4 aliphatic carbocycles. The number of likely N-dealkylation sites (tertiary alicyclic amines) is 1. The number of amides is 1. The zero-order valence-corrected chi connectivity index (χ0v) is 12.2. The molecule has 1 heterocycles. The minimum Gasteiger partial charge on any atom is -0.342 e. The van der Waals surface area contributed by atoms with Crippen LogP contribution in [-0.4, -0.2) is 23.9 Å². The van der Waals surface area contributed by atoms with Crippen LogP contribution < -0.4 is 0 Å². The van der Waals surface area contributed by atoms with Gasteiger partial charge in [-0.15, -0.1) is 0 Å². The summed E-state index contributed by atoms with van der Waals surface area (Å²) in [4.78, 5) is 15.1. The van der Waals surface area contributed by atoms with Crippen molar-refractivity contribution in [3.8, 4) is 0 Å². The van der Waals surface area contributed by atoms with Crippen molar-refractivity contribution in [1.29, 1.82) is 0 Å². The third-order valence-corrected chi connectivity index (χ3v) is 7.26. The molecule has 5 rings (SSSR count). The van der Waals surface area contributed by atoms with Crippen LogP contribution in [0, 0.1) is 41.4 Å². The summed E-state index contributed by atoms with van der Waals surface area (Å²) in [5, 5.41) is 0. The largest absolute Gasteiger partial charge is 0.342 e. The smallest absolute Gasteiger partial charge is 0.225 e. The maximum absolute atomic E-state index is 12.9. The van der Waals surface area contributed by atoms with E-state index in [0.29, 0.717) is 11.8 Å². The van der Waals surface area contributed by atoms with Gasteiger partial charge in [-0.25, -0.2) is 0 Å². The average molecular weight is 271 g/mol. The summed E-state index contributed by atoms with van der Waals surface area (Å²) < 4.78 is 0. The number of piperidine rings is 1. The zero-order valence-electron chi connectivity index (χ0n) is 12.2.